The zero-order valence-electron chi connectivity index (χ0n) is 4.51. The van der Waals surface area contributed by atoms with Gasteiger partial charge in [-0.1, -0.05) is 0 Å². The molecule has 0 fully saturated rings. The minimum absolute atomic E-state index is 0.338. The summed E-state index contributed by atoms with van der Waals surface area (Å²) in [5.74, 6) is 0.612. The van der Waals surface area contributed by atoms with Crippen LogP contribution in [0.3, 0.4) is 0 Å². The number of cyclic esters (lactones) is 2. The molecule has 0 aromatic heterocycles. The second-order valence-electron chi connectivity index (χ2n) is 1.48. The molecule has 0 saturated heterocycles. The smallest absolute Gasteiger partial charge is 0.430 e. The van der Waals surface area contributed by atoms with Gasteiger partial charge in [0.25, 0.3) is 0 Å². The Kier molecular flexibility index (Phi) is 1.20. The lowest BCUT2D eigenvalue weighted by atomic mass is 10.5. The Bertz CT molecular complexity index is 137. The third-order valence-electron chi connectivity index (χ3n) is 0.816. The number of allylic oxidation sites excluding steroid dienone is 1. The van der Waals surface area contributed by atoms with Crippen LogP contribution in [0, 0.1) is 0 Å². The van der Waals surface area contributed by atoms with E-state index in [4.69, 9.17) is 0 Å². The molecule has 0 aliphatic carbocycles. The third kappa shape index (κ3) is 0.992. The molecule has 0 aromatic carbocycles. The first-order chi connectivity index (χ1) is 3.79. The molecule has 0 unspecified atom stereocenters. The molecule has 1 rings (SSSR count). The Morgan fingerprint density at radius 2 is 2.50 bits per heavy atom. The van der Waals surface area contributed by atoms with E-state index in [9.17, 15) is 4.79 Å². The number of carbonyl (C=O) groups excluding carboxylic acids is 1. The first-order valence-corrected chi connectivity index (χ1v) is 2.30. The number of rotatable bonds is 0. The van der Waals surface area contributed by atoms with Crippen molar-refractivity contribution in [3.05, 3.63) is 11.8 Å². The molecular weight excluding hydrogens is 108 g/mol. The molecule has 0 amide bonds. The lowest BCUT2D eigenvalue weighted by molar-refractivity contribution is 0.0737. The van der Waals surface area contributed by atoms with E-state index in [0.29, 0.717) is 12.4 Å². The topological polar surface area (TPSA) is 35.5 Å². The molecule has 3 heteroatoms. The quantitative estimate of drug-likeness (QED) is 0.441. The van der Waals surface area contributed by atoms with Crippen molar-refractivity contribution in [3.63, 3.8) is 0 Å². The fourth-order valence-corrected chi connectivity index (χ4v) is 0.430. The van der Waals surface area contributed by atoms with Crippen molar-refractivity contribution < 1.29 is 14.3 Å². The molecule has 0 saturated carbocycles. The van der Waals surface area contributed by atoms with Crippen molar-refractivity contribution in [2.45, 2.75) is 6.92 Å². The molecule has 0 atom stereocenters. The Morgan fingerprint density at radius 3 is 2.88 bits per heavy atom. The molecule has 1 aliphatic rings. The summed E-state index contributed by atoms with van der Waals surface area (Å²) >= 11 is 0. The molecule has 0 aromatic rings. The van der Waals surface area contributed by atoms with Gasteiger partial charge in [0.05, 0.1) is 0 Å². The molecule has 0 bridgehead atoms. The first kappa shape index (κ1) is 5.15. The number of hydrogen-bond donors (Lipinski definition) is 0. The Balaban J connectivity index is 2.57. The van der Waals surface area contributed by atoms with Crippen molar-refractivity contribution in [2.24, 2.45) is 0 Å². The van der Waals surface area contributed by atoms with Crippen LogP contribution in [0.25, 0.3) is 0 Å². The molecule has 44 valence electrons. The van der Waals surface area contributed by atoms with Crippen LogP contribution < -0.4 is 0 Å². The summed E-state index contributed by atoms with van der Waals surface area (Å²) in [6, 6.07) is 0. The van der Waals surface area contributed by atoms with Gasteiger partial charge in [0.15, 0.2) is 0 Å². The highest BCUT2D eigenvalue weighted by atomic mass is 16.7. The maximum absolute atomic E-state index is 10.2. The molecule has 0 spiro atoms. The molecule has 0 N–H and O–H groups in total. The highest BCUT2D eigenvalue weighted by molar-refractivity contribution is 5.62. The van der Waals surface area contributed by atoms with Crippen LogP contribution in [0.4, 0.5) is 4.79 Å². The van der Waals surface area contributed by atoms with E-state index in [-0.39, 0.29) is 0 Å². The summed E-state index contributed by atoms with van der Waals surface area (Å²) in [6.07, 6.45) is 1.09. The van der Waals surface area contributed by atoms with E-state index in [1.807, 2.05) is 0 Å². The predicted molar refractivity (Wildman–Crippen MR) is 26.2 cm³/mol. The van der Waals surface area contributed by atoms with Gasteiger partial charge in [0, 0.05) is 0 Å². The van der Waals surface area contributed by atoms with E-state index in [0.717, 1.165) is 0 Å². The minimum atomic E-state index is -0.606. The van der Waals surface area contributed by atoms with Crippen molar-refractivity contribution in [1.82, 2.24) is 0 Å². The van der Waals surface area contributed by atoms with Crippen LogP contribution in [0.5, 0.6) is 0 Å². The highest BCUT2D eigenvalue weighted by Gasteiger charge is 2.08. The average Bonchev–Trinajstić information content (AvgIpc) is 1.64. The van der Waals surface area contributed by atoms with Gasteiger partial charge in [0.2, 0.25) is 0 Å². The van der Waals surface area contributed by atoms with E-state index in [1.54, 1.807) is 13.0 Å². The summed E-state index contributed by atoms with van der Waals surface area (Å²) < 4.78 is 8.90. The minimum Gasteiger partial charge on any atom is -0.430 e. The van der Waals surface area contributed by atoms with Crippen LogP contribution >= 0.6 is 0 Å². The van der Waals surface area contributed by atoms with Crippen LogP contribution in [0.2, 0.25) is 0 Å². The lowest BCUT2D eigenvalue weighted by Crippen LogP contribution is -2.11. The van der Waals surface area contributed by atoms with E-state index >= 15 is 0 Å². The maximum Gasteiger partial charge on any atom is 0.513 e. The number of carbonyl (C=O) groups is 1. The maximum atomic E-state index is 10.2. The second kappa shape index (κ2) is 1.86. The van der Waals surface area contributed by atoms with Crippen molar-refractivity contribution >= 4 is 6.16 Å². The average molecular weight is 114 g/mol. The van der Waals surface area contributed by atoms with Gasteiger partial charge in [-0.15, -0.1) is 0 Å². The zero-order valence-corrected chi connectivity index (χ0v) is 4.51. The van der Waals surface area contributed by atoms with Gasteiger partial charge >= 0.3 is 6.16 Å². The van der Waals surface area contributed by atoms with Gasteiger partial charge in [-0.05, 0) is 13.0 Å². The van der Waals surface area contributed by atoms with Gasteiger partial charge in [-0.25, -0.2) is 4.79 Å². The summed E-state index contributed by atoms with van der Waals surface area (Å²) in [5.41, 5.74) is 0. The first-order valence-electron chi connectivity index (χ1n) is 2.30. The van der Waals surface area contributed by atoms with Gasteiger partial charge < -0.3 is 9.47 Å². The van der Waals surface area contributed by atoms with Crippen molar-refractivity contribution in [1.29, 1.82) is 0 Å². The van der Waals surface area contributed by atoms with E-state index < -0.39 is 6.16 Å². The van der Waals surface area contributed by atoms with Crippen molar-refractivity contribution in [3.8, 4) is 0 Å². The Labute approximate surface area is 46.9 Å². The second-order valence-corrected chi connectivity index (χ2v) is 1.48. The molecule has 3 nitrogen and oxygen atoms in total. The summed E-state index contributed by atoms with van der Waals surface area (Å²) in [6.45, 7) is 2.05. The van der Waals surface area contributed by atoms with Crippen LogP contribution in [0.15, 0.2) is 11.8 Å². The molecule has 0 radical (unpaired) electrons. The number of hydrogen-bond acceptors (Lipinski definition) is 3. The van der Waals surface area contributed by atoms with Gasteiger partial charge in [-0.3, -0.25) is 0 Å². The largest absolute Gasteiger partial charge is 0.513 e. The fourth-order valence-electron chi connectivity index (χ4n) is 0.430. The normalized spacial score (nSPS) is 18.6. The van der Waals surface area contributed by atoms with Crippen LogP contribution in [-0.2, 0) is 9.47 Å². The zero-order chi connectivity index (χ0) is 5.98. The molecule has 8 heavy (non-hydrogen) atoms. The summed E-state index contributed by atoms with van der Waals surface area (Å²) in [5, 5.41) is 0. The predicted octanol–water partition coefficient (Wildman–Crippen LogP) is 1.06. The number of ether oxygens (including phenoxy) is 2. The van der Waals surface area contributed by atoms with Gasteiger partial charge in [-0.2, -0.15) is 0 Å². The summed E-state index contributed by atoms with van der Waals surface area (Å²) in [4.78, 5) is 10.2. The molecular formula is C5H6O3. The monoisotopic (exact) mass is 114 g/mol. The van der Waals surface area contributed by atoms with Crippen LogP contribution in [-0.4, -0.2) is 12.8 Å². The summed E-state index contributed by atoms with van der Waals surface area (Å²) in [7, 11) is 0. The molecule has 1 aliphatic heterocycles. The molecule has 1 heterocycles. The third-order valence-corrected chi connectivity index (χ3v) is 0.816. The Morgan fingerprint density at radius 1 is 1.75 bits per heavy atom. The Hall–Kier alpha value is -0.990. The van der Waals surface area contributed by atoms with Crippen molar-refractivity contribution in [2.75, 3.05) is 6.61 Å². The standard InChI is InChI=1S/C5H6O3/c1-4-2-3-7-5(6)8-4/h2H,3H2,1H3. The lowest BCUT2D eigenvalue weighted by Gasteiger charge is -2.08. The van der Waals surface area contributed by atoms with E-state index in [1.165, 1.54) is 0 Å². The van der Waals surface area contributed by atoms with Crippen LogP contribution in [0.1, 0.15) is 6.92 Å². The fraction of sp³-hybridized carbons (Fsp3) is 0.400. The van der Waals surface area contributed by atoms with E-state index in [2.05, 4.69) is 9.47 Å². The highest BCUT2D eigenvalue weighted by Crippen LogP contribution is 2.03. The SMILES string of the molecule is CC1=CCOC(=O)O1. The van der Waals surface area contributed by atoms with Gasteiger partial charge in [0.1, 0.15) is 12.4 Å².